The van der Waals surface area contributed by atoms with Gasteiger partial charge in [0, 0.05) is 13.1 Å². The number of likely N-dealkylation sites (N-methyl/N-ethyl adjacent to an activating group) is 1. The van der Waals surface area contributed by atoms with Gasteiger partial charge in [0.25, 0.3) is 0 Å². The standard InChI is InChI=1S/C9H19NO4/c1-3-14-9(13)6-8(12)7-10(2)4-5-11/h8,11-12H,3-7H2,1-2H3. The molecule has 5 heteroatoms. The Kier molecular flexibility index (Phi) is 7.37. The smallest absolute Gasteiger partial charge is 0.308 e. The van der Waals surface area contributed by atoms with Crippen LogP contribution in [0.4, 0.5) is 0 Å². The van der Waals surface area contributed by atoms with Gasteiger partial charge in [-0.05, 0) is 14.0 Å². The van der Waals surface area contributed by atoms with E-state index < -0.39 is 12.1 Å². The van der Waals surface area contributed by atoms with Gasteiger partial charge < -0.3 is 19.8 Å². The number of nitrogens with zero attached hydrogens (tertiary/aromatic N) is 1. The number of aliphatic hydroxyl groups is 2. The highest BCUT2D eigenvalue weighted by Crippen LogP contribution is 1.97. The third kappa shape index (κ3) is 6.82. The van der Waals surface area contributed by atoms with Crippen molar-refractivity contribution in [2.45, 2.75) is 19.4 Å². The molecule has 0 aliphatic rings. The normalized spacial score (nSPS) is 12.9. The second-order valence-corrected chi connectivity index (χ2v) is 3.15. The predicted molar refractivity (Wildman–Crippen MR) is 51.8 cm³/mol. The molecule has 0 saturated carbocycles. The van der Waals surface area contributed by atoms with E-state index in [1.807, 2.05) is 0 Å². The molecule has 0 aromatic heterocycles. The Morgan fingerprint density at radius 3 is 2.71 bits per heavy atom. The van der Waals surface area contributed by atoms with Gasteiger partial charge in [-0.2, -0.15) is 0 Å². The van der Waals surface area contributed by atoms with Crippen molar-refractivity contribution in [2.75, 3.05) is 33.4 Å². The van der Waals surface area contributed by atoms with Crippen molar-refractivity contribution >= 4 is 5.97 Å². The van der Waals surface area contributed by atoms with E-state index >= 15 is 0 Å². The van der Waals surface area contributed by atoms with Crippen molar-refractivity contribution < 1.29 is 19.7 Å². The molecule has 0 amide bonds. The van der Waals surface area contributed by atoms with Crippen LogP contribution in [-0.4, -0.2) is 60.5 Å². The minimum atomic E-state index is -0.731. The summed E-state index contributed by atoms with van der Waals surface area (Å²) in [5, 5.41) is 18.0. The van der Waals surface area contributed by atoms with Gasteiger partial charge >= 0.3 is 5.97 Å². The summed E-state index contributed by atoms with van der Waals surface area (Å²) in [5.41, 5.74) is 0. The third-order valence-electron chi connectivity index (χ3n) is 1.71. The Balaban J connectivity index is 3.63. The number of hydrogen-bond acceptors (Lipinski definition) is 5. The molecule has 84 valence electrons. The summed E-state index contributed by atoms with van der Waals surface area (Å²) >= 11 is 0. The molecule has 5 nitrogen and oxygen atoms in total. The van der Waals surface area contributed by atoms with Crippen LogP contribution >= 0.6 is 0 Å². The maximum atomic E-state index is 10.9. The Morgan fingerprint density at radius 2 is 2.21 bits per heavy atom. The summed E-state index contributed by atoms with van der Waals surface area (Å²) in [4.78, 5) is 12.7. The number of hydrogen-bond donors (Lipinski definition) is 2. The highest BCUT2D eigenvalue weighted by molar-refractivity contribution is 5.69. The van der Waals surface area contributed by atoms with Crippen LogP contribution in [0.15, 0.2) is 0 Å². The monoisotopic (exact) mass is 205 g/mol. The largest absolute Gasteiger partial charge is 0.466 e. The fourth-order valence-electron chi connectivity index (χ4n) is 1.10. The lowest BCUT2D eigenvalue weighted by atomic mass is 10.2. The molecule has 0 fully saturated rings. The third-order valence-corrected chi connectivity index (χ3v) is 1.71. The van der Waals surface area contributed by atoms with Gasteiger partial charge in [0.1, 0.15) is 0 Å². The van der Waals surface area contributed by atoms with Gasteiger partial charge in [-0.25, -0.2) is 0 Å². The second-order valence-electron chi connectivity index (χ2n) is 3.15. The molecule has 0 aromatic carbocycles. The highest BCUT2D eigenvalue weighted by atomic mass is 16.5. The number of carbonyl (C=O) groups is 1. The van der Waals surface area contributed by atoms with Crippen molar-refractivity contribution in [1.82, 2.24) is 4.90 Å². The Bertz CT molecular complexity index is 163. The van der Waals surface area contributed by atoms with Crippen molar-refractivity contribution in [1.29, 1.82) is 0 Å². The first kappa shape index (κ1) is 13.4. The second kappa shape index (κ2) is 7.73. The molecule has 0 bridgehead atoms. The van der Waals surface area contributed by atoms with Gasteiger partial charge in [0.2, 0.25) is 0 Å². The summed E-state index contributed by atoms with van der Waals surface area (Å²) in [6.07, 6.45) is -0.727. The minimum Gasteiger partial charge on any atom is -0.466 e. The molecule has 0 aliphatic heterocycles. The van der Waals surface area contributed by atoms with E-state index in [2.05, 4.69) is 4.74 Å². The molecule has 0 aromatic rings. The number of aliphatic hydroxyl groups excluding tert-OH is 2. The number of esters is 1. The van der Waals surface area contributed by atoms with Crippen molar-refractivity contribution in [3.8, 4) is 0 Å². The Labute approximate surface area is 84.3 Å². The van der Waals surface area contributed by atoms with Gasteiger partial charge in [0.15, 0.2) is 0 Å². The van der Waals surface area contributed by atoms with E-state index in [1.165, 1.54) is 0 Å². The van der Waals surface area contributed by atoms with Crippen LogP contribution < -0.4 is 0 Å². The minimum absolute atomic E-state index is 0.00358. The number of ether oxygens (including phenoxy) is 1. The molecule has 2 N–H and O–H groups in total. The molecule has 0 heterocycles. The van der Waals surface area contributed by atoms with E-state index in [0.29, 0.717) is 19.7 Å². The van der Waals surface area contributed by atoms with Crippen LogP contribution in [0.3, 0.4) is 0 Å². The zero-order valence-corrected chi connectivity index (χ0v) is 8.77. The molecule has 1 unspecified atom stereocenters. The van der Waals surface area contributed by atoms with Gasteiger partial charge in [-0.15, -0.1) is 0 Å². The van der Waals surface area contributed by atoms with E-state index in [0.717, 1.165) is 0 Å². The van der Waals surface area contributed by atoms with E-state index in [9.17, 15) is 9.90 Å². The lowest BCUT2D eigenvalue weighted by Gasteiger charge is -2.18. The van der Waals surface area contributed by atoms with E-state index in [1.54, 1.807) is 18.9 Å². The summed E-state index contributed by atoms with van der Waals surface area (Å²) in [7, 11) is 1.77. The summed E-state index contributed by atoms with van der Waals surface area (Å²) in [5.74, 6) is -0.391. The van der Waals surface area contributed by atoms with Crippen molar-refractivity contribution in [2.24, 2.45) is 0 Å². The zero-order valence-electron chi connectivity index (χ0n) is 8.77. The summed E-state index contributed by atoms with van der Waals surface area (Å²) in [6.45, 7) is 2.95. The van der Waals surface area contributed by atoms with Crippen LogP contribution in [0.5, 0.6) is 0 Å². The van der Waals surface area contributed by atoms with Crippen LogP contribution in [0.25, 0.3) is 0 Å². The number of carbonyl (C=O) groups excluding carboxylic acids is 1. The van der Waals surface area contributed by atoms with E-state index in [-0.39, 0.29) is 13.0 Å². The molecule has 0 saturated heterocycles. The Hall–Kier alpha value is -0.650. The first-order valence-electron chi connectivity index (χ1n) is 4.73. The fourth-order valence-corrected chi connectivity index (χ4v) is 1.10. The summed E-state index contributed by atoms with van der Waals surface area (Å²) in [6, 6.07) is 0. The van der Waals surface area contributed by atoms with Crippen LogP contribution in [0.1, 0.15) is 13.3 Å². The Morgan fingerprint density at radius 1 is 1.57 bits per heavy atom. The zero-order chi connectivity index (χ0) is 11.0. The molecule has 0 spiro atoms. The van der Waals surface area contributed by atoms with Crippen LogP contribution in [0, 0.1) is 0 Å². The van der Waals surface area contributed by atoms with Crippen LogP contribution in [-0.2, 0) is 9.53 Å². The van der Waals surface area contributed by atoms with Crippen molar-refractivity contribution in [3.05, 3.63) is 0 Å². The molecule has 0 radical (unpaired) electrons. The lowest BCUT2D eigenvalue weighted by Crippen LogP contribution is -2.32. The average Bonchev–Trinajstić information content (AvgIpc) is 2.03. The van der Waals surface area contributed by atoms with E-state index in [4.69, 9.17) is 5.11 Å². The van der Waals surface area contributed by atoms with Gasteiger partial charge in [-0.1, -0.05) is 0 Å². The molecular weight excluding hydrogens is 186 g/mol. The predicted octanol–water partition coefficient (Wildman–Crippen LogP) is -0.775. The van der Waals surface area contributed by atoms with Crippen LogP contribution in [0.2, 0.25) is 0 Å². The summed E-state index contributed by atoms with van der Waals surface area (Å²) < 4.78 is 4.69. The SMILES string of the molecule is CCOC(=O)CC(O)CN(C)CCO. The molecule has 0 aliphatic carbocycles. The quantitative estimate of drug-likeness (QED) is 0.534. The van der Waals surface area contributed by atoms with Crippen molar-refractivity contribution in [3.63, 3.8) is 0 Å². The van der Waals surface area contributed by atoms with Gasteiger partial charge in [-0.3, -0.25) is 4.79 Å². The molecule has 0 rings (SSSR count). The highest BCUT2D eigenvalue weighted by Gasteiger charge is 2.13. The first-order valence-corrected chi connectivity index (χ1v) is 4.73. The number of rotatable bonds is 7. The average molecular weight is 205 g/mol. The molecule has 1 atom stereocenters. The first-order chi connectivity index (χ1) is 6.60. The maximum absolute atomic E-state index is 10.9. The topological polar surface area (TPSA) is 70.0 Å². The maximum Gasteiger partial charge on any atom is 0.308 e. The fraction of sp³-hybridized carbons (Fsp3) is 0.889. The van der Waals surface area contributed by atoms with Gasteiger partial charge in [0.05, 0.1) is 25.7 Å². The lowest BCUT2D eigenvalue weighted by molar-refractivity contribution is -0.145. The molecule has 14 heavy (non-hydrogen) atoms. The molecular formula is C9H19NO4.